The highest BCUT2D eigenvalue weighted by atomic mass is 16.5. The molecular formula is C14H18N4O. The number of nitrogens with one attached hydrogen (secondary N) is 2. The van der Waals surface area contributed by atoms with Crippen LogP contribution in [-0.2, 0) is 0 Å². The van der Waals surface area contributed by atoms with Crippen LogP contribution in [0.3, 0.4) is 0 Å². The van der Waals surface area contributed by atoms with E-state index in [0.29, 0.717) is 5.95 Å². The summed E-state index contributed by atoms with van der Waals surface area (Å²) in [7, 11) is 3.45. The zero-order chi connectivity index (χ0) is 13.8. The number of nitrogens with zero attached hydrogens (tertiary/aromatic N) is 2. The maximum Gasteiger partial charge on any atom is 0.224 e. The Kier molecular flexibility index (Phi) is 3.85. The highest BCUT2D eigenvalue weighted by Crippen LogP contribution is 2.29. The molecule has 1 aromatic heterocycles. The number of anilines is 3. The largest absolute Gasteiger partial charge is 0.495 e. The lowest BCUT2D eigenvalue weighted by Gasteiger charge is -2.13. The standard InChI is InChI=1S/C14H18N4O/c1-9-5-6-12(19-4)11(7-9)17-13-10(2)8-16-14(15-3)18-13/h5-8H,1-4H3,(H2,15,16,17,18). The van der Waals surface area contributed by atoms with E-state index in [1.807, 2.05) is 32.0 Å². The van der Waals surface area contributed by atoms with E-state index in [9.17, 15) is 0 Å². The van der Waals surface area contributed by atoms with Crippen molar-refractivity contribution in [1.29, 1.82) is 0 Å². The molecule has 0 amide bonds. The molecule has 5 heteroatoms. The zero-order valence-electron chi connectivity index (χ0n) is 11.6. The maximum absolute atomic E-state index is 5.35. The van der Waals surface area contributed by atoms with Crippen LogP contribution in [-0.4, -0.2) is 24.1 Å². The number of aromatic nitrogens is 2. The second-order valence-electron chi connectivity index (χ2n) is 4.30. The number of hydrogen-bond acceptors (Lipinski definition) is 5. The Morgan fingerprint density at radius 1 is 1.21 bits per heavy atom. The normalized spacial score (nSPS) is 10.1. The van der Waals surface area contributed by atoms with E-state index in [-0.39, 0.29) is 0 Å². The van der Waals surface area contributed by atoms with E-state index in [2.05, 4.69) is 20.6 Å². The van der Waals surface area contributed by atoms with Gasteiger partial charge >= 0.3 is 0 Å². The third-order valence-corrected chi connectivity index (χ3v) is 2.80. The van der Waals surface area contributed by atoms with E-state index in [4.69, 9.17) is 4.74 Å². The van der Waals surface area contributed by atoms with Crippen LogP contribution in [0.1, 0.15) is 11.1 Å². The predicted octanol–water partition coefficient (Wildman–Crippen LogP) is 2.89. The van der Waals surface area contributed by atoms with Gasteiger partial charge in [0, 0.05) is 18.8 Å². The number of benzene rings is 1. The van der Waals surface area contributed by atoms with Crippen molar-refractivity contribution in [2.45, 2.75) is 13.8 Å². The zero-order valence-corrected chi connectivity index (χ0v) is 11.6. The fraction of sp³-hybridized carbons (Fsp3) is 0.286. The Morgan fingerprint density at radius 2 is 2.00 bits per heavy atom. The average Bonchev–Trinajstić information content (AvgIpc) is 2.41. The number of methoxy groups -OCH3 is 1. The van der Waals surface area contributed by atoms with Gasteiger partial charge in [-0.15, -0.1) is 0 Å². The van der Waals surface area contributed by atoms with Gasteiger partial charge in [-0.2, -0.15) is 4.98 Å². The summed E-state index contributed by atoms with van der Waals surface area (Å²) in [5, 5.41) is 6.22. The number of ether oxygens (including phenoxy) is 1. The number of hydrogen-bond donors (Lipinski definition) is 2. The molecule has 0 radical (unpaired) electrons. The Hall–Kier alpha value is -2.30. The maximum atomic E-state index is 5.35. The minimum Gasteiger partial charge on any atom is -0.495 e. The Balaban J connectivity index is 2.37. The fourth-order valence-corrected chi connectivity index (χ4v) is 1.74. The van der Waals surface area contributed by atoms with E-state index in [1.165, 1.54) is 0 Å². The predicted molar refractivity (Wildman–Crippen MR) is 77.3 cm³/mol. The molecule has 1 heterocycles. The molecule has 2 N–H and O–H groups in total. The van der Waals surface area contributed by atoms with Crippen LogP contribution >= 0.6 is 0 Å². The smallest absolute Gasteiger partial charge is 0.224 e. The topological polar surface area (TPSA) is 59.1 Å². The van der Waals surface area contributed by atoms with Crippen molar-refractivity contribution < 1.29 is 4.74 Å². The van der Waals surface area contributed by atoms with Gasteiger partial charge in [0.1, 0.15) is 11.6 Å². The molecule has 5 nitrogen and oxygen atoms in total. The highest BCUT2D eigenvalue weighted by Gasteiger charge is 2.07. The SMILES string of the molecule is CNc1ncc(C)c(Nc2cc(C)ccc2OC)n1. The van der Waals surface area contributed by atoms with Crippen LogP contribution in [0.2, 0.25) is 0 Å². The first-order chi connectivity index (χ1) is 9.13. The second kappa shape index (κ2) is 5.56. The van der Waals surface area contributed by atoms with Crippen molar-refractivity contribution in [1.82, 2.24) is 9.97 Å². The average molecular weight is 258 g/mol. The molecule has 0 aliphatic carbocycles. The summed E-state index contributed by atoms with van der Waals surface area (Å²) < 4.78 is 5.35. The summed E-state index contributed by atoms with van der Waals surface area (Å²) in [6, 6.07) is 5.97. The van der Waals surface area contributed by atoms with Crippen LogP contribution in [0.15, 0.2) is 24.4 Å². The first-order valence-corrected chi connectivity index (χ1v) is 6.07. The molecule has 0 spiro atoms. The number of aryl methyl sites for hydroxylation is 2. The molecule has 1 aromatic carbocycles. The first kappa shape index (κ1) is 13.1. The van der Waals surface area contributed by atoms with Crippen molar-refractivity contribution in [3.05, 3.63) is 35.5 Å². The third kappa shape index (κ3) is 2.93. The monoisotopic (exact) mass is 258 g/mol. The van der Waals surface area contributed by atoms with Gasteiger partial charge in [0.2, 0.25) is 5.95 Å². The molecule has 0 aliphatic rings. The minimum absolute atomic E-state index is 0.583. The van der Waals surface area contributed by atoms with E-state index >= 15 is 0 Å². The molecule has 2 aromatic rings. The quantitative estimate of drug-likeness (QED) is 0.883. The molecule has 0 bridgehead atoms. The van der Waals surface area contributed by atoms with Crippen molar-refractivity contribution in [3.63, 3.8) is 0 Å². The molecule has 0 aliphatic heterocycles. The third-order valence-electron chi connectivity index (χ3n) is 2.80. The lowest BCUT2D eigenvalue weighted by atomic mass is 10.2. The molecule has 0 fully saturated rings. The Bertz CT molecular complexity index is 584. The van der Waals surface area contributed by atoms with Crippen LogP contribution in [0.4, 0.5) is 17.5 Å². The summed E-state index contributed by atoms with van der Waals surface area (Å²) in [4.78, 5) is 8.57. The van der Waals surface area contributed by atoms with Gasteiger partial charge in [-0.1, -0.05) is 6.07 Å². The lowest BCUT2D eigenvalue weighted by molar-refractivity contribution is 0.416. The molecule has 0 saturated heterocycles. The summed E-state index contributed by atoms with van der Waals surface area (Å²) in [5.41, 5.74) is 3.03. The molecule has 0 saturated carbocycles. The van der Waals surface area contributed by atoms with Crippen LogP contribution < -0.4 is 15.4 Å². The van der Waals surface area contributed by atoms with E-state index < -0.39 is 0 Å². The summed E-state index contributed by atoms with van der Waals surface area (Å²) >= 11 is 0. The van der Waals surface area contributed by atoms with Crippen LogP contribution in [0.5, 0.6) is 5.75 Å². The summed E-state index contributed by atoms with van der Waals surface area (Å²) in [5.74, 6) is 2.14. The summed E-state index contributed by atoms with van der Waals surface area (Å²) in [6.45, 7) is 4.00. The van der Waals surface area contributed by atoms with Gasteiger partial charge in [-0.3, -0.25) is 0 Å². The van der Waals surface area contributed by atoms with Gasteiger partial charge in [0.15, 0.2) is 0 Å². The minimum atomic E-state index is 0.583. The van der Waals surface area contributed by atoms with Gasteiger partial charge in [-0.25, -0.2) is 4.98 Å². The second-order valence-corrected chi connectivity index (χ2v) is 4.30. The molecule has 19 heavy (non-hydrogen) atoms. The van der Waals surface area contributed by atoms with Crippen molar-refractivity contribution in [2.24, 2.45) is 0 Å². The highest BCUT2D eigenvalue weighted by molar-refractivity contribution is 5.67. The molecule has 0 atom stereocenters. The van der Waals surface area contributed by atoms with E-state index in [1.54, 1.807) is 20.4 Å². The summed E-state index contributed by atoms with van der Waals surface area (Å²) in [6.07, 6.45) is 1.78. The molecule has 0 unspecified atom stereocenters. The Labute approximate surface area is 113 Å². The van der Waals surface area contributed by atoms with Gasteiger partial charge in [0.05, 0.1) is 12.8 Å². The van der Waals surface area contributed by atoms with Crippen molar-refractivity contribution >= 4 is 17.5 Å². The molecule has 2 rings (SSSR count). The fourth-order valence-electron chi connectivity index (χ4n) is 1.74. The van der Waals surface area contributed by atoms with Gasteiger partial charge in [0.25, 0.3) is 0 Å². The van der Waals surface area contributed by atoms with Gasteiger partial charge < -0.3 is 15.4 Å². The van der Waals surface area contributed by atoms with Crippen molar-refractivity contribution in [2.75, 3.05) is 24.8 Å². The number of rotatable bonds is 4. The van der Waals surface area contributed by atoms with Crippen LogP contribution in [0.25, 0.3) is 0 Å². The van der Waals surface area contributed by atoms with E-state index in [0.717, 1.165) is 28.4 Å². The van der Waals surface area contributed by atoms with Crippen LogP contribution in [0, 0.1) is 13.8 Å². The van der Waals surface area contributed by atoms with Crippen molar-refractivity contribution in [3.8, 4) is 5.75 Å². The lowest BCUT2D eigenvalue weighted by Crippen LogP contribution is -2.03. The molecular weight excluding hydrogens is 240 g/mol. The van der Waals surface area contributed by atoms with Gasteiger partial charge in [-0.05, 0) is 31.5 Å². The molecule has 100 valence electrons. The Morgan fingerprint density at radius 3 is 2.68 bits per heavy atom. The first-order valence-electron chi connectivity index (χ1n) is 6.07.